The van der Waals surface area contributed by atoms with Crippen molar-refractivity contribution >= 4 is 24.6 Å². The van der Waals surface area contributed by atoms with Gasteiger partial charge in [-0.2, -0.15) is 0 Å². The summed E-state index contributed by atoms with van der Waals surface area (Å²) in [6, 6.07) is 4.65. The smallest absolute Gasteiger partial charge is 0.261 e. The molecule has 1 aromatic carbocycles. The lowest BCUT2D eigenvalue weighted by molar-refractivity contribution is -0.133. The average molecular weight is 373 g/mol. The molecule has 1 saturated heterocycles. The molecule has 146 valence electrons. The van der Waals surface area contributed by atoms with Crippen LogP contribution in [0.15, 0.2) is 18.2 Å². The lowest BCUT2D eigenvalue weighted by Crippen LogP contribution is -2.48. The minimum atomic E-state index is -1.01. The fourth-order valence-corrected chi connectivity index (χ4v) is 3.56. The number of carbonyl (C=O) groups is 4. The number of piperidine rings is 1. The summed E-state index contributed by atoms with van der Waals surface area (Å²) in [6.07, 6.45) is 3.61. The Hall–Kier alpha value is -2.54. The fourth-order valence-electron chi connectivity index (χ4n) is 3.56. The number of nitrogens with zero attached hydrogens (tertiary/aromatic N) is 1. The standard InChI is InChI=1S/C20H27N3O4/c1-3-4-18(19(26)22-12-24)23(13-25)20(27)17-6-5-16(11-14(17)2)15-7-9-21-10-8-15/h5-6,11-13,15,18,21H,3-4,7-10H2,1-2H3,(H,22,24,26). The molecule has 1 unspecified atom stereocenters. The molecule has 0 radical (unpaired) electrons. The first-order valence-electron chi connectivity index (χ1n) is 9.36. The molecule has 0 bridgehead atoms. The van der Waals surface area contributed by atoms with Crippen LogP contribution < -0.4 is 10.6 Å². The maximum absolute atomic E-state index is 12.9. The predicted molar refractivity (Wildman–Crippen MR) is 101 cm³/mol. The molecule has 2 rings (SSSR count). The number of nitrogens with one attached hydrogen (secondary N) is 2. The quantitative estimate of drug-likeness (QED) is 0.674. The summed E-state index contributed by atoms with van der Waals surface area (Å²) in [5.41, 5.74) is 2.35. The van der Waals surface area contributed by atoms with Crippen LogP contribution in [-0.2, 0) is 14.4 Å². The van der Waals surface area contributed by atoms with Crippen molar-refractivity contribution in [2.45, 2.75) is 51.5 Å². The molecule has 0 aliphatic carbocycles. The zero-order valence-electron chi connectivity index (χ0n) is 15.9. The Balaban J connectivity index is 2.25. The molecular formula is C20H27N3O4. The monoisotopic (exact) mass is 373 g/mol. The molecule has 1 heterocycles. The van der Waals surface area contributed by atoms with Gasteiger partial charge in [0.15, 0.2) is 0 Å². The Morgan fingerprint density at radius 1 is 1.30 bits per heavy atom. The van der Waals surface area contributed by atoms with Crippen molar-refractivity contribution in [2.24, 2.45) is 0 Å². The SMILES string of the molecule is CCCC(C(=O)NC=O)N(C=O)C(=O)c1ccc(C2CCNCC2)cc1C. The van der Waals surface area contributed by atoms with Gasteiger partial charge in [-0.1, -0.05) is 25.5 Å². The van der Waals surface area contributed by atoms with Crippen molar-refractivity contribution < 1.29 is 19.2 Å². The molecule has 2 N–H and O–H groups in total. The Bertz CT molecular complexity index is 698. The van der Waals surface area contributed by atoms with Gasteiger partial charge in [-0.15, -0.1) is 0 Å². The van der Waals surface area contributed by atoms with Crippen LogP contribution in [0.25, 0.3) is 0 Å². The van der Waals surface area contributed by atoms with E-state index in [4.69, 9.17) is 0 Å². The van der Waals surface area contributed by atoms with E-state index < -0.39 is 17.9 Å². The van der Waals surface area contributed by atoms with Crippen LogP contribution in [-0.4, -0.2) is 48.7 Å². The minimum Gasteiger partial charge on any atom is -0.317 e. The third-order valence-corrected chi connectivity index (χ3v) is 5.04. The van der Waals surface area contributed by atoms with Crippen LogP contribution in [0.4, 0.5) is 0 Å². The molecule has 1 aliphatic rings. The van der Waals surface area contributed by atoms with Gasteiger partial charge >= 0.3 is 0 Å². The molecule has 27 heavy (non-hydrogen) atoms. The van der Waals surface area contributed by atoms with Gasteiger partial charge in [-0.05, 0) is 62.4 Å². The van der Waals surface area contributed by atoms with Crippen LogP contribution in [0.5, 0.6) is 0 Å². The van der Waals surface area contributed by atoms with Gasteiger partial charge < -0.3 is 5.32 Å². The highest BCUT2D eigenvalue weighted by Crippen LogP contribution is 2.27. The molecule has 7 nitrogen and oxygen atoms in total. The maximum Gasteiger partial charge on any atom is 0.261 e. The molecule has 0 spiro atoms. The van der Waals surface area contributed by atoms with E-state index in [-0.39, 0.29) is 12.8 Å². The van der Waals surface area contributed by atoms with E-state index >= 15 is 0 Å². The molecular weight excluding hydrogens is 346 g/mol. The second kappa shape index (κ2) is 9.97. The molecule has 4 amide bonds. The molecule has 7 heteroatoms. The topological polar surface area (TPSA) is 95.6 Å². The first-order chi connectivity index (χ1) is 13.0. The van der Waals surface area contributed by atoms with Gasteiger partial charge in [-0.25, -0.2) is 0 Å². The number of hydrogen-bond donors (Lipinski definition) is 2. The van der Waals surface area contributed by atoms with Crippen LogP contribution in [0.2, 0.25) is 0 Å². The van der Waals surface area contributed by atoms with Crippen LogP contribution >= 0.6 is 0 Å². The van der Waals surface area contributed by atoms with Crippen molar-refractivity contribution in [3.05, 3.63) is 34.9 Å². The molecule has 0 saturated carbocycles. The number of aryl methyl sites for hydroxylation is 1. The highest BCUT2D eigenvalue weighted by Gasteiger charge is 2.30. The van der Waals surface area contributed by atoms with Gasteiger partial charge in [-0.3, -0.25) is 29.4 Å². The van der Waals surface area contributed by atoms with E-state index in [9.17, 15) is 19.2 Å². The summed E-state index contributed by atoms with van der Waals surface area (Å²) in [7, 11) is 0. The Labute approximate surface area is 159 Å². The highest BCUT2D eigenvalue weighted by atomic mass is 16.2. The van der Waals surface area contributed by atoms with E-state index in [0.717, 1.165) is 36.4 Å². The van der Waals surface area contributed by atoms with E-state index in [0.29, 0.717) is 24.3 Å². The Morgan fingerprint density at radius 2 is 2.00 bits per heavy atom. The average Bonchev–Trinajstić information content (AvgIpc) is 2.68. The number of benzene rings is 1. The maximum atomic E-state index is 12.9. The van der Waals surface area contributed by atoms with Crippen molar-refractivity contribution in [1.82, 2.24) is 15.5 Å². The largest absolute Gasteiger partial charge is 0.317 e. The van der Waals surface area contributed by atoms with Gasteiger partial charge in [0, 0.05) is 5.56 Å². The number of amides is 4. The summed E-state index contributed by atoms with van der Waals surface area (Å²) in [5.74, 6) is -0.724. The number of rotatable bonds is 8. The van der Waals surface area contributed by atoms with Crippen molar-refractivity contribution in [1.29, 1.82) is 0 Å². The summed E-state index contributed by atoms with van der Waals surface area (Å²) in [6.45, 7) is 5.64. The summed E-state index contributed by atoms with van der Waals surface area (Å²) in [4.78, 5) is 48.1. The third kappa shape index (κ3) is 5.01. The second-order valence-electron chi connectivity index (χ2n) is 6.85. The zero-order valence-corrected chi connectivity index (χ0v) is 15.9. The first-order valence-corrected chi connectivity index (χ1v) is 9.36. The van der Waals surface area contributed by atoms with Crippen LogP contribution in [0.1, 0.15) is 60.0 Å². The summed E-state index contributed by atoms with van der Waals surface area (Å²) < 4.78 is 0. The number of imide groups is 2. The molecule has 0 aromatic heterocycles. The predicted octanol–water partition coefficient (Wildman–Crippen LogP) is 1.50. The zero-order chi connectivity index (χ0) is 19.8. The van der Waals surface area contributed by atoms with E-state index in [2.05, 4.69) is 5.32 Å². The van der Waals surface area contributed by atoms with E-state index in [1.165, 1.54) is 5.56 Å². The third-order valence-electron chi connectivity index (χ3n) is 5.04. The highest BCUT2D eigenvalue weighted by molar-refractivity contribution is 6.05. The van der Waals surface area contributed by atoms with Crippen LogP contribution in [0.3, 0.4) is 0 Å². The van der Waals surface area contributed by atoms with Gasteiger partial charge in [0.1, 0.15) is 6.04 Å². The van der Waals surface area contributed by atoms with Gasteiger partial charge in [0.25, 0.3) is 5.91 Å². The summed E-state index contributed by atoms with van der Waals surface area (Å²) >= 11 is 0. The van der Waals surface area contributed by atoms with Gasteiger partial charge in [0.2, 0.25) is 18.7 Å². The molecule has 1 atom stereocenters. The van der Waals surface area contributed by atoms with Crippen LogP contribution in [0, 0.1) is 6.92 Å². The molecule has 1 aromatic rings. The Morgan fingerprint density at radius 3 is 2.56 bits per heavy atom. The van der Waals surface area contributed by atoms with Crippen molar-refractivity contribution in [3.8, 4) is 0 Å². The van der Waals surface area contributed by atoms with Crippen molar-refractivity contribution in [3.63, 3.8) is 0 Å². The number of carbonyl (C=O) groups excluding carboxylic acids is 4. The fraction of sp³-hybridized carbons (Fsp3) is 0.500. The van der Waals surface area contributed by atoms with E-state index in [1.54, 1.807) is 6.07 Å². The first kappa shape index (κ1) is 20.8. The number of hydrogen-bond acceptors (Lipinski definition) is 5. The van der Waals surface area contributed by atoms with Gasteiger partial charge in [0.05, 0.1) is 0 Å². The molecule has 1 aliphatic heterocycles. The second-order valence-corrected chi connectivity index (χ2v) is 6.85. The lowest BCUT2D eigenvalue weighted by Gasteiger charge is -2.26. The summed E-state index contributed by atoms with van der Waals surface area (Å²) in [5, 5.41) is 5.37. The van der Waals surface area contributed by atoms with E-state index in [1.807, 2.05) is 31.3 Å². The Kier molecular flexibility index (Phi) is 7.67. The van der Waals surface area contributed by atoms with Crippen molar-refractivity contribution in [2.75, 3.05) is 13.1 Å². The normalized spacial score (nSPS) is 15.6. The molecule has 1 fully saturated rings. The lowest BCUT2D eigenvalue weighted by atomic mass is 9.88. The minimum absolute atomic E-state index is 0.261.